The quantitative estimate of drug-likeness (QED) is 0.939. The summed E-state index contributed by atoms with van der Waals surface area (Å²) in [6, 6.07) is 11.0. The van der Waals surface area contributed by atoms with Crippen LogP contribution in [-0.4, -0.2) is 23.0 Å². The number of hydrogen-bond donors (Lipinski definition) is 1. The predicted octanol–water partition coefficient (Wildman–Crippen LogP) is 3.18. The Labute approximate surface area is 124 Å². The lowest BCUT2D eigenvalue weighted by Crippen LogP contribution is -2.34. The third kappa shape index (κ3) is 2.92. The average molecular weight is 287 g/mol. The highest BCUT2D eigenvalue weighted by molar-refractivity contribution is 7.09. The summed E-state index contributed by atoms with van der Waals surface area (Å²) < 4.78 is 0. The SMILES string of the molecule is NCc1csc(C(c2ccccc2)N2CCCCC2)n1. The summed E-state index contributed by atoms with van der Waals surface area (Å²) in [7, 11) is 0. The van der Waals surface area contributed by atoms with Crippen molar-refractivity contribution in [3.05, 3.63) is 52.0 Å². The monoisotopic (exact) mass is 287 g/mol. The van der Waals surface area contributed by atoms with Gasteiger partial charge in [0.25, 0.3) is 0 Å². The first-order valence-corrected chi connectivity index (χ1v) is 8.20. The molecule has 0 bridgehead atoms. The molecule has 3 rings (SSSR count). The minimum atomic E-state index is 0.293. The molecule has 20 heavy (non-hydrogen) atoms. The molecule has 4 heteroatoms. The molecule has 0 saturated carbocycles. The highest BCUT2D eigenvalue weighted by atomic mass is 32.1. The van der Waals surface area contributed by atoms with Crippen LogP contribution in [0, 0.1) is 0 Å². The van der Waals surface area contributed by atoms with Crippen LogP contribution < -0.4 is 5.73 Å². The second-order valence-corrected chi connectivity index (χ2v) is 6.18. The highest BCUT2D eigenvalue weighted by Crippen LogP contribution is 2.32. The molecule has 0 spiro atoms. The Hall–Kier alpha value is -1.23. The van der Waals surface area contributed by atoms with Gasteiger partial charge in [-0.15, -0.1) is 11.3 Å². The summed E-state index contributed by atoms with van der Waals surface area (Å²) in [4.78, 5) is 7.30. The first kappa shape index (κ1) is 13.7. The molecule has 2 aromatic rings. The Balaban J connectivity index is 1.94. The highest BCUT2D eigenvalue weighted by Gasteiger charge is 2.26. The Morgan fingerprint density at radius 3 is 2.55 bits per heavy atom. The molecule has 2 heterocycles. The summed E-state index contributed by atoms with van der Waals surface area (Å²) in [6.07, 6.45) is 3.93. The number of rotatable bonds is 4. The van der Waals surface area contributed by atoms with Crippen molar-refractivity contribution in [1.82, 2.24) is 9.88 Å². The van der Waals surface area contributed by atoms with Crippen LogP contribution in [0.15, 0.2) is 35.7 Å². The van der Waals surface area contributed by atoms with Gasteiger partial charge < -0.3 is 5.73 Å². The molecule has 0 radical (unpaired) electrons. The summed E-state index contributed by atoms with van der Waals surface area (Å²) in [5.41, 5.74) is 8.05. The lowest BCUT2D eigenvalue weighted by Gasteiger charge is -2.33. The van der Waals surface area contributed by atoms with Crippen molar-refractivity contribution >= 4 is 11.3 Å². The largest absolute Gasteiger partial charge is 0.325 e. The molecule has 0 amide bonds. The van der Waals surface area contributed by atoms with E-state index >= 15 is 0 Å². The van der Waals surface area contributed by atoms with Gasteiger partial charge in [0.15, 0.2) is 0 Å². The number of piperidine rings is 1. The minimum absolute atomic E-state index is 0.293. The first-order valence-electron chi connectivity index (χ1n) is 7.32. The van der Waals surface area contributed by atoms with Gasteiger partial charge in [0.2, 0.25) is 0 Å². The van der Waals surface area contributed by atoms with Gasteiger partial charge in [-0.05, 0) is 31.5 Å². The number of likely N-dealkylation sites (tertiary alicyclic amines) is 1. The van der Waals surface area contributed by atoms with Crippen LogP contribution in [0.5, 0.6) is 0 Å². The standard InChI is InChI=1S/C16H21N3S/c17-11-14-12-20-16(18-14)15(13-7-3-1-4-8-13)19-9-5-2-6-10-19/h1,3-4,7-8,12,15H,2,5-6,9-11,17H2. The van der Waals surface area contributed by atoms with Gasteiger partial charge in [-0.3, -0.25) is 4.90 Å². The van der Waals surface area contributed by atoms with Crippen molar-refractivity contribution in [2.24, 2.45) is 5.73 Å². The molecule has 1 fully saturated rings. The Morgan fingerprint density at radius 1 is 1.15 bits per heavy atom. The molecule has 106 valence electrons. The molecule has 1 unspecified atom stereocenters. The van der Waals surface area contributed by atoms with Crippen molar-refractivity contribution in [3.8, 4) is 0 Å². The number of nitrogens with zero attached hydrogens (tertiary/aromatic N) is 2. The van der Waals surface area contributed by atoms with Gasteiger partial charge in [-0.25, -0.2) is 4.98 Å². The van der Waals surface area contributed by atoms with Crippen molar-refractivity contribution in [3.63, 3.8) is 0 Å². The molecule has 1 aromatic carbocycles. The van der Waals surface area contributed by atoms with E-state index < -0.39 is 0 Å². The first-order chi connectivity index (χ1) is 9.88. The van der Waals surface area contributed by atoms with Crippen molar-refractivity contribution in [2.75, 3.05) is 13.1 Å². The third-order valence-electron chi connectivity index (χ3n) is 3.88. The number of aromatic nitrogens is 1. The Kier molecular flexibility index (Phi) is 4.45. The molecular weight excluding hydrogens is 266 g/mol. The van der Waals surface area contributed by atoms with Gasteiger partial charge in [-0.1, -0.05) is 36.8 Å². The van der Waals surface area contributed by atoms with E-state index in [1.807, 2.05) is 0 Å². The fraction of sp³-hybridized carbons (Fsp3) is 0.438. The van der Waals surface area contributed by atoms with Crippen molar-refractivity contribution in [1.29, 1.82) is 0 Å². The lowest BCUT2D eigenvalue weighted by molar-refractivity contribution is 0.187. The summed E-state index contributed by atoms with van der Waals surface area (Å²) in [5.74, 6) is 0. The van der Waals surface area contributed by atoms with Gasteiger partial charge in [-0.2, -0.15) is 0 Å². The number of thiazole rings is 1. The smallest absolute Gasteiger partial charge is 0.115 e. The van der Waals surface area contributed by atoms with E-state index in [1.54, 1.807) is 11.3 Å². The van der Waals surface area contributed by atoms with E-state index in [-0.39, 0.29) is 0 Å². The van der Waals surface area contributed by atoms with Crippen LogP contribution in [0.2, 0.25) is 0 Å². The predicted molar refractivity (Wildman–Crippen MR) is 83.7 cm³/mol. The van der Waals surface area contributed by atoms with E-state index in [0.717, 1.165) is 18.8 Å². The molecule has 0 aliphatic carbocycles. The van der Waals surface area contributed by atoms with E-state index in [9.17, 15) is 0 Å². The van der Waals surface area contributed by atoms with Gasteiger partial charge in [0.05, 0.1) is 11.7 Å². The number of nitrogens with two attached hydrogens (primary N) is 1. The van der Waals surface area contributed by atoms with Gasteiger partial charge in [0.1, 0.15) is 5.01 Å². The maximum atomic E-state index is 5.71. The van der Waals surface area contributed by atoms with Crippen LogP contribution in [0.3, 0.4) is 0 Å². The van der Waals surface area contributed by atoms with Crippen molar-refractivity contribution in [2.45, 2.75) is 31.8 Å². The second-order valence-electron chi connectivity index (χ2n) is 5.29. The Bertz CT molecular complexity index is 532. The topological polar surface area (TPSA) is 42.1 Å². The molecule has 1 atom stereocenters. The fourth-order valence-corrected chi connectivity index (χ4v) is 3.85. The van der Waals surface area contributed by atoms with Crippen molar-refractivity contribution < 1.29 is 0 Å². The minimum Gasteiger partial charge on any atom is -0.325 e. The zero-order valence-corrected chi connectivity index (χ0v) is 12.5. The zero-order valence-electron chi connectivity index (χ0n) is 11.7. The molecule has 2 N–H and O–H groups in total. The van der Waals surface area contributed by atoms with Crippen LogP contribution in [0.25, 0.3) is 0 Å². The summed E-state index contributed by atoms with van der Waals surface area (Å²) in [6.45, 7) is 2.85. The molecule has 3 nitrogen and oxygen atoms in total. The van der Waals surface area contributed by atoms with Crippen LogP contribution in [0.1, 0.15) is 41.6 Å². The third-order valence-corrected chi connectivity index (χ3v) is 4.83. The van der Waals surface area contributed by atoms with E-state index in [0.29, 0.717) is 12.6 Å². The van der Waals surface area contributed by atoms with E-state index in [4.69, 9.17) is 10.7 Å². The van der Waals surface area contributed by atoms with Crippen LogP contribution in [-0.2, 0) is 6.54 Å². The number of benzene rings is 1. The maximum Gasteiger partial charge on any atom is 0.115 e. The Morgan fingerprint density at radius 2 is 1.90 bits per heavy atom. The van der Waals surface area contributed by atoms with Gasteiger partial charge in [0, 0.05) is 11.9 Å². The van der Waals surface area contributed by atoms with Crippen LogP contribution in [0.4, 0.5) is 0 Å². The van der Waals surface area contributed by atoms with E-state index in [1.165, 1.54) is 29.8 Å². The molecule has 1 aromatic heterocycles. The van der Waals surface area contributed by atoms with Crippen LogP contribution >= 0.6 is 11.3 Å². The average Bonchev–Trinajstić information content (AvgIpc) is 2.98. The lowest BCUT2D eigenvalue weighted by atomic mass is 10.0. The maximum absolute atomic E-state index is 5.71. The summed E-state index contributed by atoms with van der Waals surface area (Å²) in [5, 5.41) is 3.27. The molecular formula is C16H21N3S. The van der Waals surface area contributed by atoms with E-state index in [2.05, 4.69) is 40.6 Å². The normalized spacial score (nSPS) is 18.1. The summed E-state index contributed by atoms with van der Waals surface area (Å²) >= 11 is 1.74. The molecule has 1 saturated heterocycles. The molecule has 1 aliphatic rings. The van der Waals surface area contributed by atoms with Gasteiger partial charge >= 0.3 is 0 Å². The zero-order chi connectivity index (χ0) is 13.8. The second kappa shape index (κ2) is 6.48. The number of hydrogen-bond acceptors (Lipinski definition) is 4. The molecule has 1 aliphatic heterocycles. The fourth-order valence-electron chi connectivity index (χ4n) is 2.86.